The molecule has 0 bridgehead atoms. The molecule has 2 atom stereocenters. The molecule has 18 heavy (non-hydrogen) atoms. The van der Waals surface area contributed by atoms with Crippen LogP contribution in [0.5, 0.6) is 0 Å². The van der Waals surface area contributed by atoms with Crippen LogP contribution in [0.4, 0.5) is 0 Å². The molecular weight excluding hydrogens is 232 g/mol. The lowest BCUT2D eigenvalue weighted by Gasteiger charge is -2.35. The van der Waals surface area contributed by atoms with Gasteiger partial charge in [0.15, 0.2) is 0 Å². The van der Waals surface area contributed by atoms with E-state index in [4.69, 9.17) is 9.47 Å². The lowest BCUT2D eigenvalue weighted by Crippen LogP contribution is -2.49. The summed E-state index contributed by atoms with van der Waals surface area (Å²) in [5.74, 6) is 0.0931. The van der Waals surface area contributed by atoms with Crippen LogP contribution >= 0.6 is 0 Å². The minimum atomic E-state index is 0.0931. The van der Waals surface area contributed by atoms with Crippen LogP contribution < -0.4 is 5.32 Å². The second-order valence-corrected chi connectivity index (χ2v) is 5.32. The van der Waals surface area contributed by atoms with Gasteiger partial charge in [-0.3, -0.25) is 4.79 Å². The Bertz CT molecular complexity index is 269. The van der Waals surface area contributed by atoms with E-state index in [9.17, 15) is 4.79 Å². The number of carbonyl (C=O) groups is 1. The van der Waals surface area contributed by atoms with Crippen molar-refractivity contribution < 1.29 is 14.3 Å². The molecule has 5 heteroatoms. The van der Waals surface area contributed by atoms with E-state index in [1.807, 2.05) is 18.7 Å². The average molecular weight is 256 g/mol. The molecule has 2 aliphatic heterocycles. The third-order valence-electron chi connectivity index (χ3n) is 3.50. The Labute approximate surface area is 109 Å². The molecule has 0 spiro atoms. The van der Waals surface area contributed by atoms with Gasteiger partial charge in [-0.2, -0.15) is 0 Å². The summed E-state index contributed by atoms with van der Waals surface area (Å²) in [7, 11) is 0. The number of piperidine rings is 1. The van der Waals surface area contributed by atoms with E-state index in [2.05, 4.69) is 5.32 Å². The second kappa shape index (κ2) is 6.50. The highest BCUT2D eigenvalue weighted by Crippen LogP contribution is 2.12. The van der Waals surface area contributed by atoms with Gasteiger partial charge in [0.2, 0.25) is 5.91 Å². The zero-order valence-electron chi connectivity index (χ0n) is 11.4. The maximum Gasteiger partial charge on any atom is 0.248 e. The molecule has 0 aromatic carbocycles. The number of nitrogens with zero attached hydrogens (tertiary/aromatic N) is 1. The van der Waals surface area contributed by atoms with Gasteiger partial charge in [0, 0.05) is 13.1 Å². The lowest BCUT2D eigenvalue weighted by atomic mass is 10.1. The summed E-state index contributed by atoms with van der Waals surface area (Å²) in [6.07, 6.45) is 2.49. The molecule has 0 unspecified atom stereocenters. The lowest BCUT2D eigenvalue weighted by molar-refractivity contribution is -0.150. The van der Waals surface area contributed by atoms with Crippen molar-refractivity contribution in [2.75, 3.05) is 32.8 Å². The number of nitrogens with one attached hydrogen (secondary N) is 1. The standard InChI is InChI=1S/C13H24N2O3/c1-10-7-15(8-11(2)18-10)13(16)9-17-12-3-5-14-6-4-12/h10-12,14H,3-9H2,1-2H3/t10-,11+. The molecule has 1 amide bonds. The van der Waals surface area contributed by atoms with Crippen LogP contribution in [0.3, 0.4) is 0 Å². The van der Waals surface area contributed by atoms with Crippen molar-refractivity contribution in [3.8, 4) is 0 Å². The molecule has 104 valence electrons. The monoisotopic (exact) mass is 256 g/mol. The Balaban J connectivity index is 1.73. The van der Waals surface area contributed by atoms with Crippen LogP contribution in [0.2, 0.25) is 0 Å². The van der Waals surface area contributed by atoms with Crippen molar-refractivity contribution in [2.45, 2.75) is 45.0 Å². The Kier molecular flexibility index (Phi) is 4.97. The Hall–Kier alpha value is -0.650. The van der Waals surface area contributed by atoms with E-state index in [-0.39, 0.29) is 30.8 Å². The molecule has 0 aromatic heterocycles. The number of hydrogen-bond acceptors (Lipinski definition) is 4. The predicted molar refractivity (Wildman–Crippen MR) is 68.4 cm³/mol. The summed E-state index contributed by atoms with van der Waals surface area (Å²) in [4.78, 5) is 13.9. The van der Waals surface area contributed by atoms with Crippen LogP contribution in [-0.2, 0) is 14.3 Å². The zero-order chi connectivity index (χ0) is 13.0. The molecule has 2 heterocycles. The summed E-state index contributed by atoms with van der Waals surface area (Å²) < 4.78 is 11.3. The van der Waals surface area contributed by atoms with Gasteiger partial charge < -0.3 is 19.7 Å². The first-order valence-corrected chi connectivity index (χ1v) is 6.90. The first kappa shape index (κ1) is 13.8. The number of rotatable bonds is 3. The molecule has 2 fully saturated rings. The second-order valence-electron chi connectivity index (χ2n) is 5.32. The molecule has 1 N–H and O–H groups in total. The van der Waals surface area contributed by atoms with Crippen LogP contribution in [-0.4, -0.2) is 61.9 Å². The minimum Gasteiger partial charge on any atom is -0.372 e. The summed E-state index contributed by atoms with van der Waals surface area (Å²) in [6.45, 7) is 7.56. The Morgan fingerprint density at radius 3 is 2.50 bits per heavy atom. The van der Waals surface area contributed by atoms with Crippen molar-refractivity contribution in [1.29, 1.82) is 0 Å². The maximum atomic E-state index is 12.1. The first-order chi connectivity index (χ1) is 8.65. The summed E-state index contributed by atoms with van der Waals surface area (Å²) in [6, 6.07) is 0. The SMILES string of the molecule is C[C@@H]1CN(C(=O)COC2CCNCC2)C[C@H](C)O1. The fourth-order valence-electron chi connectivity index (χ4n) is 2.62. The molecule has 0 radical (unpaired) electrons. The van der Waals surface area contributed by atoms with Crippen molar-refractivity contribution in [2.24, 2.45) is 0 Å². The molecule has 2 aliphatic rings. The Morgan fingerprint density at radius 1 is 1.28 bits per heavy atom. The topological polar surface area (TPSA) is 50.8 Å². The van der Waals surface area contributed by atoms with Gasteiger partial charge >= 0.3 is 0 Å². The Morgan fingerprint density at radius 2 is 1.89 bits per heavy atom. The van der Waals surface area contributed by atoms with Gasteiger partial charge in [-0.15, -0.1) is 0 Å². The van der Waals surface area contributed by atoms with Crippen LogP contribution in [0, 0.1) is 0 Å². The largest absolute Gasteiger partial charge is 0.372 e. The van der Waals surface area contributed by atoms with Crippen molar-refractivity contribution in [1.82, 2.24) is 10.2 Å². The smallest absolute Gasteiger partial charge is 0.248 e. The maximum absolute atomic E-state index is 12.1. The summed E-state index contributed by atoms with van der Waals surface area (Å²) >= 11 is 0. The van der Waals surface area contributed by atoms with Gasteiger partial charge in [0.1, 0.15) is 6.61 Å². The predicted octanol–water partition coefficient (Wildman–Crippen LogP) is 0.391. The molecule has 2 rings (SSSR count). The summed E-state index contributed by atoms with van der Waals surface area (Å²) in [5.41, 5.74) is 0. The molecule has 0 saturated carbocycles. The van der Waals surface area contributed by atoms with Crippen LogP contribution in [0.15, 0.2) is 0 Å². The number of hydrogen-bond donors (Lipinski definition) is 1. The fourth-order valence-corrected chi connectivity index (χ4v) is 2.62. The molecule has 5 nitrogen and oxygen atoms in total. The number of carbonyl (C=O) groups excluding carboxylic acids is 1. The van der Waals surface area contributed by atoms with E-state index in [0.29, 0.717) is 13.1 Å². The third kappa shape index (κ3) is 3.93. The number of morpholine rings is 1. The molecule has 0 aliphatic carbocycles. The van der Waals surface area contributed by atoms with Gasteiger partial charge in [0.25, 0.3) is 0 Å². The number of ether oxygens (including phenoxy) is 2. The van der Waals surface area contributed by atoms with E-state index in [0.717, 1.165) is 25.9 Å². The normalized spacial score (nSPS) is 30.4. The highest BCUT2D eigenvalue weighted by Gasteiger charge is 2.26. The molecule has 0 aromatic rings. The van der Waals surface area contributed by atoms with Crippen LogP contribution in [0.1, 0.15) is 26.7 Å². The van der Waals surface area contributed by atoms with Crippen molar-refractivity contribution in [3.05, 3.63) is 0 Å². The third-order valence-corrected chi connectivity index (χ3v) is 3.50. The summed E-state index contributed by atoms with van der Waals surface area (Å²) in [5, 5.41) is 3.29. The molecular formula is C13H24N2O3. The fraction of sp³-hybridized carbons (Fsp3) is 0.923. The van der Waals surface area contributed by atoms with E-state index < -0.39 is 0 Å². The van der Waals surface area contributed by atoms with Gasteiger partial charge in [-0.25, -0.2) is 0 Å². The first-order valence-electron chi connectivity index (χ1n) is 6.90. The van der Waals surface area contributed by atoms with Crippen molar-refractivity contribution >= 4 is 5.91 Å². The van der Waals surface area contributed by atoms with Gasteiger partial charge in [-0.1, -0.05) is 0 Å². The van der Waals surface area contributed by atoms with E-state index >= 15 is 0 Å². The van der Waals surface area contributed by atoms with Crippen molar-refractivity contribution in [3.63, 3.8) is 0 Å². The van der Waals surface area contributed by atoms with E-state index in [1.165, 1.54) is 0 Å². The van der Waals surface area contributed by atoms with E-state index in [1.54, 1.807) is 0 Å². The highest BCUT2D eigenvalue weighted by atomic mass is 16.5. The zero-order valence-corrected chi connectivity index (χ0v) is 11.4. The average Bonchev–Trinajstić information content (AvgIpc) is 2.36. The van der Waals surface area contributed by atoms with Crippen LogP contribution in [0.25, 0.3) is 0 Å². The van der Waals surface area contributed by atoms with Gasteiger partial charge in [-0.05, 0) is 39.8 Å². The number of amides is 1. The minimum absolute atomic E-state index is 0.0931. The van der Waals surface area contributed by atoms with Gasteiger partial charge in [0.05, 0.1) is 18.3 Å². The quantitative estimate of drug-likeness (QED) is 0.793. The molecule has 2 saturated heterocycles. The highest BCUT2D eigenvalue weighted by molar-refractivity contribution is 5.77.